The van der Waals surface area contributed by atoms with Crippen LogP contribution in [0.5, 0.6) is 0 Å². The van der Waals surface area contributed by atoms with Crippen molar-refractivity contribution in [3.05, 3.63) is 28.2 Å². The number of hydrogen-bond acceptors (Lipinski definition) is 2. The highest BCUT2D eigenvalue weighted by atomic mass is 79.9. The minimum Gasteiger partial charge on any atom is -0.330 e. The van der Waals surface area contributed by atoms with Gasteiger partial charge in [0.1, 0.15) is 5.69 Å². The van der Waals surface area contributed by atoms with Crippen LogP contribution in [0.2, 0.25) is 0 Å². The minimum absolute atomic E-state index is 0.0987. The van der Waals surface area contributed by atoms with Gasteiger partial charge in [-0.2, -0.15) is 0 Å². The predicted octanol–water partition coefficient (Wildman–Crippen LogP) is 3.04. The Morgan fingerprint density at radius 1 is 1.37 bits per heavy atom. The maximum Gasteiger partial charge on any atom is 0.227 e. The van der Waals surface area contributed by atoms with Crippen LogP contribution < -0.4 is 11.1 Å². The maximum absolute atomic E-state index is 13.6. The highest BCUT2D eigenvalue weighted by Crippen LogP contribution is 2.32. The highest BCUT2D eigenvalue weighted by Gasteiger charge is 2.32. The van der Waals surface area contributed by atoms with Crippen LogP contribution in [-0.2, 0) is 4.79 Å². The van der Waals surface area contributed by atoms with Gasteiger partial charge in [-0.25, -0.2) is 8.78 Å². The Balaban J connectivity index is 2.15. The summed E-state index contributed by atoms with van der Waals surface area (Å²) in [5, 5.41) is 2.35. The summed E-state index contributed by atoms with van der Waals surface area (Å²) in [6.07, 6.45) is 2.53. The molecule has 2 rings (SSSR count). The molecule has 1 aliphatic carbocycles. The molecule has 3 nitrogen and oxygen atoms in total. The lowest BCUT2D eigenvalue weighted by atomic mass is 9.95. The second-order valence-corrected chi connectivity index (χ2v) is 5.68. The lowest BCUT2D eigenvalue weighted by Gasteiger charge is -2.18. The lowest BCUT2D eigenvalue weighted by Crippen LogP contribution is -2.30. The van der Waals surface area contributed by atoms with Crippen LogP contribution in [-0.4, -0.2) is 12.5 Å². The zero-order valence-corrected chi connectivity index (χ0v) is 11.8. The van der Waals surface area contributed by atoms with Gasteiger partial charge in [-0.1, -0.05) is 22.4 Å². The largest absolute Gasteiger partial charge is 0.330 e. The van der Waals surface area contributed by atoms with Gasteiger partial charge < -0.3 is 11.1 Å². The van der Waals surface area contributed by atoms with Crippen LogP contribution in [0.25, 0.3) is 0 Å². The normalized spacial score (nSPS) is 22.5. The number of carbonyl (C=O) groups is 1. The van der Waals surface area contributed by atoms with E-state index in [0.717, 1.165) is 25.0 Å². The molecule has 2 atom stereocenters. The topological polar surface area (TPSA) is 55.1 Å². The zero-order chi connectivity index (χ0) is 14.0. The van der Waals surface area contributed by atoms with Crippen LogP contribution in [0.15, 0.2) is 16.6 Å². The number of rotatable bonds is 3. The summed E-state index contributed by atoms with van der Waals surface area (Å²) in [7, 11) is 0. The molecule has 1 aliphatic rings. The second-order valence-electron chi connectivity index (χ2n) is 4.77. The quantitative estimate of drug-likeness (QED) is 0.893. The zero-order valence-electron chi connectivity index (χ0n) is 10.3. The van der Waals surface area contributed by atoms with Gasteiger partial charge in [-0.15, -0.1) is 0 Å². The molecule has 0 heterocycles. The van der Waals surface area contributed by atoms with Crippen LogP contribution in [0, 0.1) is 23.5 Å². The van der Waals surface area contributed by atoms with Crippen LogP contribution in [0.1, 0.15) is 19.3 Å². The first-order valence-corrected chi connectivity index (χ1v) is 6.97. The molecule has 104 valence electrons. The van der Waals surface area contributed by atoms with Gasteiger partial charge in [0.15, 0.2) is 11.6 Å². The number of carbonyl (C=O) groups excluding carboxylic acids is 1. The Morgan fingerprint density at radius 2 is 2.00 bits per heavy atom. The number of nitrogens with two attached hydrogens (primary N) is 1. The number of halogens is 3. The van der Waals surface area contributed by atoms with Crippen molar-refractivity contribution in [3.8, 4) is 0 Å². The first-order chi connectivity index (χ1) is 9.02. The molecule has 0 aliphatic heterocycles. The van der Waals surface area contributed by atoms with Gasteiger partial charge in [-0.3, -0.25) is 4.79 Å². The van der Waals surface area contributed by atoms with Crippen molar-refractivity contribution in [2.45, 2.75) is 19.3 Å². The number of hydrogen-bond donors (Lipinski definition) is 2. The van der Waals surface area contributed by atoms with Crippen molar-refractivity contribution < 1.29 is 13.6 Å². The molecule has 6 heteroatoms. The molecule has 0 aromatic heterocycles. The summed E-state index contributed by atoms with van der Waals surface area (Å²) < 4.78 is 27.5. The fraction of sp³-hybridized carbons (Fsp3) is 0.462. The third kappa shape index (κ3) is 3.12. The molecule has 1 aromatic rings. The smallest absolute Gasteiger partial charge is 0.227 e. The van der Waals surface area contributed by atoms with Gasteiger partial charge >= 0.3 is 0 Å². The first kappa shape index (κ1) is 14.4. The Kier molecular flexibility index (Phi) is 4.52. The van der Waals surface area contributed by atoms with Gasteiger partial charge in [0, 0.05) is 10.4 Å². The number of amides is 1. The van der Waals surface area contributed by atoms with Crippen LogP contribution in [0.3, 0.4) is 0 Å². The van der Waals surface area contributed by atoms with Gasteiger partial charge in [-0.05, 0) is 37.4 Å². The predicted molar refractivity (Wildman–Crippen MR) is 72.6 cm³/mol. The Morgan fingerprint density at radius 3 is 2.58 bits per heavy atom. The van der Waals surface area contributed by atoms with Crippen molar-refractivity contribution in [1.29, 1.82) is 0 Å². The maximum atomic E-state index is 13.6. The van der Waals surface area contributed by atoms with E-state index < -0.39 is 17.3 Å². The molecule has 1 aromatic carbocycles. The molecule has 0 saturated heterocycles. The molecule has 0 bridgehead atoms. The van der Waals surface area contributed by atoms with Crippen molar-refractivity contribution in [2.24, 2.45) is 17.6 Å². The van der Waals surface area contributed by atoms with E-state index in [4.69, 9.17) is 5.73 Å². The average Bonchev–Trinajstić information content (AvgIpc) is 2.81. The molecule has 1 amide bonds. The number of nitrogens with one attached hydrogen (secondary N) is 1. The number of benzene rings is 1. The standard InChI is InChI=1S/C13H15BrF2N2O/c14-8-4-10(15)12(11(16)5-8)18-13(19)9-3-1-2-7(9)6-17/h4-5,7,9H,1-3,6,17H2,(H,18,19). The highest BCUT2D eigenvalue weighted by molar-refractivity contribution is 9.10. The first-order valence-electron chi connectivity index (χ1n) is 6.18. The van der Waals surface area contributed by atoms with E-state index in [1.54, 1.807) is 0 Å². The summed E-state index contributed by atoms with van der Waals surface area (Å²) in [4.78, 5) is 12.1. The third-order valence-electron chi connectivity index (χ3n) is 3.55. The van der Waals surface area contributed by atoms with E-state index in [9.17, 15) is 13.6 Å². The molecular formula is C13H15BrF2N2O. The van der Waals surface area contributed by atoms with Gasteiger partial charge in [0.05, 0.1) is 0 Å². The van der Waals surface area contributed by atoms with E-state index in [1.807, 2.05) is 0 Å². The number of anilines is 1. The monoisotopic (exact) mass is 332 g/mol. The third-order valence-corrected chi connectivity index (χ3v) is 4.01. The second kappa shape index (κ2) is 5.96. The summed E-state index contributed by atoms with van der Waals surface area (Å²) in [6, 6.07) is 2.24. The van der Waals surface area contributed by atoms with Crippen molar-refractivity contribution in [1.82, 2.24) is 0 Å². The van der Waals surface area contributed by atoms with Gasteiger partial charge in [0.25, 0.3) is 0 Å². The Hall–Kier alpha value is -1.01. The van der Waals surface area contributed by atoms with Crippen LogP contribution >= 0.6 is 15.9 Å². The molecular weight excluding hydrogens is 318 g/mol. The molecule has 0 radical (unpaired) electrons. The minimum atomic E-state index is -0.789. The van der Waals surface area contributed by atoms with Crippen LogP contribution in [0.4, 0.5) is 14.5 Å². The molecule has 3 N–H and O–H groups in total. The molecule has 0 spiro atoms. The molecule has 1 saturated carbocycles. The average molecular weight is 333 g/mol. The summed E-state index contributed by atoms with van der Waals surface area (Å²) in [6.45, 7) is 0.420. The lowest BCUT2D eigenvalue weighted by molar-refractivity contribution is -0.120. The SMILES string of the molecule is NCC1CCCC1C(=O)Nc1c(F)cc(Br)cc1F. The molecule has 19 heavy (non-hydrogen) atoms. The van der Waals surface area contributed by atoms with Crippen molar-refractivity contribution in [3.63, 3.8) is 0 Å². The van der Waals surface area contributed by atoms with E-state index >= 15 is 0 Å². The fourth-order valence-electron chi connectivity index (χ4n) is 2.54. The van der Waals surface area contributed by atoms with E-state index in [2.05, 4.69) is 21.2 Å². The molecule has 2 unspecified atom stereocenters. The summed E-state index contributed by atoms with van der Waals surface area (Å²) >= 11 is 2.99. The van der Waals surface area contributed by atoms with Gasteiger partial charge in [0.2, 0.25) is 5.91 Å². The Labute approximate surface area is 118 Å². The summed E-state index contributed by atoms with van der Waals surface area (Å²) in [5.41, 5.74) is 5.21. The van der Waals surface area contributed by atoms with E-state index in [0.29, 0.717) is 17.4 Å². The fourth-order valence-corrected chi connectivity index (χ4v) is 2.94. The Bertz CT molecular complexity index is 473. The van der Waals surface area contributed by atoms with Crippen molar-refractivity contribution in [2.75, 3.05) is 11.9 Å². The van der Waals surface area contributed by atoms with E-state index in [-0.39, 0.29) is 17.7 Å². The van der Waals surface area contributed by atoms with E-state index in [1.165, 1.54) is 0 Å². The summed E-state index contributed by atoms with van der Waals surface area (Å²) in [5.74, 6) is -2.09. The molecule has 1 fully saturated rings. The van der Waals surface area contributed by atoms with Crippen molar-refractivity contribution >= 4 is 27.5 Å².